The van der Waals surface area contributed by atoms with Crippen LogP contribution in [-0.2, 0) is 14.6 Å². The molecule has 0 saturated carbocycles. The van der Waals surface area contributed by atoms with Crippen molar-refractivity contribution in [3.63, 3.8) is 0 Å². The fourth-order valence-electron chi connectivity index (χ4n) is 4.13. The first-order valence-electron chi connectivity index (χ1n) is 11.9. The van der Waals surface area contributed by atoms with Gasteiger partial charge in [0.05, 0.1) is 42.3 Å². The molecule has 11 heteroatoms. The van der Waals surface area contributed by atoms with E-state index in [-0.39, 0.29) is 23.4 Å². The molecule has 3 rings (SSSR count). The Labute approximate surface area is 221 Å². The van der Waals surface area contributed by atoms with Gasteiger partial charge in [-0.2, -0.15) is 0 Å². The summed E-state index contributed by atoms with van der Waals surface area (Å²) in [5, 5.41) is 11.6. The van der Waals surface area contributed by atoms with Gasteiger partial charge in [0.1, 0.15) is 9.84 Å². The average molecular weight is 543 g/mol. The van der Waals surface area contributed by atoms with Crippen LogP contribution in [0.5, 0.6) is 11.5 Å². The fourth-order valence-corrected chi connectivity index (χ4v) is 5.05. The number of benzene rings is 2. The third-order valence-electron chi connectivity index (χ3n) is 5.67. The number of carbonyl (C=O) groups is 3. The third kappa shape index (κ3) is 6.51. The number of hydrogen-bond donors (Lipinski definition) is 2. The molecule has 0 saturated heterocycles. The molecular weight excluding hydrogens is 512 g/mol. The number of imide groups is 1. The molecule has 2 N–H and O–H groups in total. The van der Waals surface area contributed by atoms with Crippen molar-refractivity contribution >= 4 is 33.2 Å². The lowest BCUT2D eigenvalue weighted by molar-refractivity contribution is -0.114. The molecule has 3 amide bonds. The van der Waals surface area contributed by atoms with Gasteiger partial charge in [-0.1, -0.05) is 17.9 Å². The van der Waals surface area contributed by atoms with Crippen LogP contribution < -0.4 is 14.8 Å². The number of ether oxygens (including phenoxy) is 2. The molecule has 2 aromatic rings. The summed E-state index contributed by atoms with van der Waals surface area (Å²) >= 11 is 0. The number of unbranched alkanes of at least 4 members (excludes halogenated alkanes) is 1. The van der Waals surface area contributed by atoms with Gasteiger partial charge in [-0.15, -0.1) is 0 Å². The summed E-state index contributed by atoms with van der Waals surface area (Å²) < 4.78 is 35.8. The van der Waals surface area contributed by atoms with E-state index in [0.717, 1.165) is 11.2 Å². The van der Waals surface area contributed by atoms with E-state index in [0.29, 0.717) is 42.1 Å². The second-order valence-corrected chi connectivity index (χ2v) is 10.9. The summed E-state index contributed by atoms with van der Waals surface area (Å²) in [7, 11) is -2.21. The number of hydrogen-bond acceptors (Lipinski definition) is 8. The van der Waals surface area contributed by atoms with Crippen LogP contribution in [0.25, 0.3) is 0 Å². The maximum Gasteiger partial charge on any atom is 0.264 e. The molecule has 1 atom stereocenters. The Bertz CT molecular complexity index is 1420. The number of aliphatic hydroxyl groups is 1. The van der Waals surface area contributed by atoms with Gasteiger partial charge in [-0.05, 0) is 43.2 Å². The van der Waals surface area contributed by atoms with Gasteiger partial charge in [-0.3, -0.25) is 19.3 Å². The van der Waals surface area contributed by atoms with Crippen molar-refractivity contribution in [1.29, 1.82) is 0 Å². The zero-order valence-corrected chi connectivity index (χ0v) is 22.5. The minimum absolute atomic E-state index is 0.00440. The Kier molecular flexibility index (Phi) is 9.14. The van der Waals surface area contributed by atoms with Gasteiger partial charge in [-0.25, -0.2) is 8.42 Å². The van der Waals surface area contributed by atoms with Crippen LogP contribution in [0.1, 0.15) is 64.6 Å². The molecule has 0 bridgehead atoms. The van der Waals surface area contributed by atoms with Crippen LogP contribution in [0.15, 0.2) is 30.3 Å². The number of carbonyl (C=O) groups excluding carboxylic acids is 3. The highest BCUT2D eigenvalue weighted by Crippen LogP contribution is 2.39. The van der Waals surface area contributed by atoms with Crippen molar-refractivity contribution in [1.82, 2.24) is 4.90 Å². The third-order valence-corrected chi connectivity index (χ3v) is 6.59. The predicted molar refractivity (Wildman–Crippen MR) is 141 cm³/mol. The van der Waals surface area contributed by atoms with E-state index in [9.17, 15) is 22.8 Å². The van der Waals surface area contributed by atoms with Crippen molar-refractivity contribution in [2.24, 2.45) is 0 Å². The molecule has 1 heterocycles. The summed E-state index contributed by atoms with van der Waals surface area (Å²) in [6.45, 7) is 3.34. The number of rotatable bonds is 10. The number of aliphatic hydroxyl groups excluding tert-OH is 1. The van der Waals surface area contributed by atoms with Gasteiger partial charge < -0.3 is 19.9 Å². The predicted octanol–water partition coefficient (Wildman–Crippen LogP) is 2.56. The molecule has 0 radical (unpaired) electrons. The van der Waals surface area contributed by atoms with Crippen molar-refractivity contribution in [3.05, 3.63) is 52.6 Å². The van der Waals surface area contributed by atoms with Crippen LogP contribution >= 0.6 is 0 Å². The lowest BCUT2D eigenvalue weighted by Gasteiger charge is -2.27. The minimum Gasteiger partial charge on any atom is -0.493 e. The van der Waals surface area contributed by atoms with E-state index in [1.807, 2.05) is 0 Å². The molecule has 1 aliphatic heterocycles. The molecule has 1 aliphatic rings. The average Bonchev–Trinajstić information content (AvgIpc) is 3.09. The Balaban J connectivity index is 2.16. The van der Waals surface area contributed by atoms with E-state index in [1.54, 1.807) is 25.1 Å². The van der Waals surface area contributed by atoms with E-state index in [2.05, 4.69) is 17.2 Å². The summed E-state index contributed by atoms with van der Waals surface area (Å²) in [6, 6.07) is 6.47. The van der Waals surface area contributed by atoms with Crippen LogP contribution in [0, 0.1) is 11.8 Å². The number of amides is 3. The molecule has 0 aromatic heterocycles. The van der Waals surface area contributed by atoms with E-state index in [1.165, 1.54) is 26.2 Å². The van der Waals surface area contributed by atoms with Gasteiger partial charge in [0.15, 0.2) is 11.5 Å². The quantitative estimate of drug-likeness (QED) is 0.265. The normalized spacial score (nSPS) is 13.4. The van der Waals surface area contributed by atoms with Gasteiger partial charge >= 0.3 is 0 Å². The highest BCUT2D eigenvalue weighted by Gasteiger charge is 2.43. The molecule has 0 unspecified atom stereocenters. The Morgan fingerprint density at radius 3 is 2.50 bits per heavy atom. The van der Waals surface area contributed by atoms with Gasteiger partial charge in [0.2, 0.25) is 5.91 Å². The first kappa shape index (κ1) is 28.7. The van der Waals surface area contributed by atoms with Gasteiger partial charge in [0, 0.05) is 31.8 Å². The maximum absolute atomic E-state index is 13.7. The van der Waals surface area contributed by atoms with Crippen molar-refractivity contribution in [2.45, 2.75) is 32.7 Å². The number of sulfone groups is 1. The van der Waals surface area contributed by atoms with Gasteiger partial charge in [0.25, 0.3) is 11.8 Å². The second kappa shape index (κ2) is 12.1. The summed E-state index contributed by atoms with van der Waals surface area (Å²) in [4.78, 5) is 40.2. The molecule has 0 fully saturated rings. The zero-order chi connectivity index (χ0) is 28.0. The molecule has 38 heavy (non-hydrogen) atoms. The standard InChI is InChI=1S/C27H30N2O8S/c1-5-37-24-15-19(10-11-23(24)36-3)22(16-38(4,34)35)29-26(32)20-13-18(9-7-6-8-12-30)14-21(28-17(2)31)25(20)27(29)33/h10-11,13-15,22,30H,5-6,8,12,16H2,1-4H3,(H,28,31)/t22-/m1/s1. The molecule has 0 spiro atoms. The topological polar surface area (TPSA) is 139 Å². The lowest BCUT2D eigenvalue weighted by Crippen LogP contribution is -2.37. The highest BCUT2D eigenvalue weighted by atomic mass is 32.2. The molecule has 0 aliphatic carbocycles. The lowest BCUT2D eigenvalue weighted by atomic mass is 10.0. The van der Waals surface area contributed by atoms with Crippen molar-refractivity contribution in [2.75, 3.05) is 37.6 Å². The zero-order valence-electron chi connectivity index (χ0n) is 21.7. The van der Waals surface area contributed by atoms with E-state index < -0.39 is 39.4 Å². The summed E-state index contributed by atoms with van der Waals surface area (Å²) in [6.07, 6.45) is 1.91. The minimum atomic E-state index is -3.67. The smallest absolute Gasteiger partial charge is 0.264 e. The number of nitrogens with one attached hydrogen (secondary N) is 1. The Morgan fingerprint density at radius 2 is 1.89 bits per heavy atom. The Morgan fingerprint density at radius 1 is 1.16 bits per heavy atom. The number of anilines is 1. The monoisotopic (exact) mass is 542 g/mol. The first-order valence-corrected chi connectivity index (χ1v) is 14.0. The largest absolute Gasteiger partial charge is 0.493 e. The summed E-state index contributed by atoms with van der Waals surface area (Å²) in [5.74, 6) is 4.08. The highest BCUT2D eigenvalue weighted by molar-refractivity contribution is 7.90. The maximum atomic E-state index is 13.7. The molecule has 2 aromatic carbocycles. The van der Waals surface area contributed by atoms with Crippen LogP contribution in [0.2, 0.25) is 0 Å². The first-order chi connectivity index (χ1) is 18.0. The molecule has 202 valence electrons. The fraction of sp³-hybridized carbons (Fsp3) is 0.370. The second-order valence-electron chi connectivity index (χ2n) is 8.69. The van der Waals surface area contributed by atoms with Crippen LogP contribution in [0.3, 0.4) is 0 Å². The van der Waals surface area contributed by atoms with E-state index >= 15 is 0 Å². The Hall–Kier alpha value is -3.88. The number of fused-ring (bicyclic) bond motifs is 1. The molecular formula is C27H30N2O8S. The van der Waals surface area contributed by atoms with Crippen molar-refractivity contribution < 1.29 is 37.4 Å². The van der Waals surface area contributed by atoms with Crippen LogP contribution in [0.4, 0.5) is 5.69 Å². The number of nitrogens with zero attached hydrogens (tertiary/aromatic N) is 1. The van der Waals surface area contributed by atoms with E-state index in [4.69, 9.17) is 14.6 Å². The SMILES string of the molecule is CCOc1cc([C@@H](CS(C)(=O)=O)N2C(=O)c3cc(C#CCCCO)cc(NC(C)=O)c3C2=O)ccc1OC. The molecule has 10 nitrogen and oxygen atoms in total. The number of methoxy groups -OCH3 is 1. The van der Waals surface area contributed by atoms with Crippen molar-refractivity contribution in [3.8, 4) is 23.3 Å². The van der Waals surface area contributed by atoms with Crippen LogP contribution in [-0.4, -0.2) is 68.5 Å². The summed E-state index contributed by atoms with van der Waals surface area (Å²) in [5.41, 5.74) is 0.813.